The fraction of sp³-hybridized carbons (Fsp3) is 0.297. The third kappa shape index (κ3) is 5.07. The van der Waals surface area contributed by atoms with Crippen molar-refractivity contribution in [1.82, 2.24) is 0 Å². The number of ether oxygens (including phenoxy) is 2. The standard InChI is InChI=1S/C37H31ClFIN2O7/c1-37-25(12-4-18-14-29(48-2)32(43)30(15-18)49-3)22-10-11-23-31(35(46)41(33(23)44)20-7-5-19(40)6-8-20)24(22)17-26(37)34(45)42(36(37)47)21-9-13-28(39)27(38)16-21/h4-10,12-16,23-26,31,43H,11,17H2,1-3H3/t23-,24+,25-,26-,31-,37-/m0/s1. The van der Waals surface area contributed by atoms with Gasteiger partial charge in [0.2, 0.25) is 29.4 Å². The fourth-order valence-electron chi connectivity index (χ4n) is 8.15. The van der Waals surface area contributed by atoms with Gasteiger partial charge in [-0.05, 0) is 108 Å². The van der Waals surface area contributed by atoms with Crippen LogP contribution in [0.1, 0.15) is 25.3 Å². The number of phenolic OH excluding ortho intramolecular Hbond substituents is 1. The molecule has 0 bridgehead atoms. The lowest BCUT2D eigenvalue weighted by Crippen LogP contribution is -2.49. The van der Waals surface area contributed by atoms with Gasteiger partial charge in [-0.25, -0.2) is 9.29 Å². The molecule has 3 fully saturated rings. The summed E-state index contributed by atoms with van der Waals surface area (Å²) in [5.74, 6) is -5.43. The van der Waals surface area contributed by atoms with Crippen molar-refractivity contribution in [1.29, 1.82) is 0 Å². The van der Waals surface area contributed by atoms with Crippen LogP contribution in [0.3, 0.4) is 0 Å². The Morgan fingerprint density at radius 3 is 2.20 bits per heavy atom. The molecule has 49 heavy (non-hydrogen) atoms. The number of methoxy groups -OCH3 is 2. The SMILES string of the molecule is COc1cc(C=C[C@H]2C3=CC[C@@H]4C(=O)N(c5ccc(I)cc5)C(=O)[C@@H]4[C@@H]3C[C@H]3C(=O)N(c4ccc(F)c(Cl)c4)C(=O)[C@@]23C)cc(OC)c1O. The lowest BCUT2D eigenvalue weighted by atomic mass is 9.52. The van der Waals surface area contributed by atoms with E-state index in [1.54, 1.807) is 37.3 Å². The van der Waals surface area contributed by atoms with Crippen molar-refractivity contribution in [2.45, 2.75) is 19.8 Å². The third-order valence-electron chi connectivity index (χ3n) is 10.6. The zero-order chi connectivity index (χ0) is 34.9. The quantitative estimate of drug-likeness (QED) is 0.166. The first-order valence-corrected chi connectivity index (χ1v) is 17.2. The molecule has 6 atom stereocenters. The Bertz CT molecular complexity index is 1970. The second-order valence-electron chi connectivity index (χ2n) is 12.9. The van der Waals surface area contributed by atoms with E-state index in [4.69, 9.17) is 21.1 Å². The molecule has 0 unspecified atom stereocenters. The van der Waals surface area contributed by atoms with Gasteiger partial charge in [-0.15, -0.1) is 0 Å². The van der Waals surface area contributed by atoms with Gasteiger partial charge in [-0.1, -0.05) is 35.4 Å². The molecular weight excluding hydrogens is 766 g/mol. The zero-order valence-electron chi connectivity index (χ0n) is 26.7. The molecule has 2 aliphatic carbocycles. The Morgan fingerprint density at radius 1 is 0.918 bits per heavy atom. The Balaban J connectivity index is 1.34. The molecule has 2 aliphatic heterocycles. The van der Waals surface area contributed by atoms with E-state index >= 15 is 0 Å². The predicted octanol–water partition coefficient (Wildman–Crippen LogP) is 6.79. The first-order valence-electron chi connectivity index (χ1n) is 15.7. The smallest absolute Gasteiger partial charge is 0.241 e. The first-order chi connectivity index (χ1) is 23.4. The molecule has 2 heterocycles. The Labute approximate surface area is 300 Å². The van der Waals surface area contributed by atoms with E-state index in [1.165, 1.54) is 31.3 Å². The van der Waals surface area contributed by atoms with Gasteiger partial charge in [0.1, 0.15) is 5.82 Å². The maximum atomic E-state index is 14.5. The number of halogens is 3. The summed E-state index contributed by atoms with van der Waals surface area (Å²) < 4.78 is 25.8. The van der Waals surface area contributed by atoms with Crippen molar-refractivity contribution in [2.75, 3.05) is 24.0 Å². The molecule has 2 saturated heterocycles. The summed E-state index contributed by atoms with van der Waals surface area (Å²) >= 11 is 8.25. The van der Waals surface area contributed by atoms with Crippen LogP contribution < -0.4 is 19.3 Å². The number of allylic oxidation sites excluding steroid dienone is 3. The highest BCUT2D eigenvalue weighted by atomic mass is 127. The van der Waals surface area contributed by atoms with E-state index in [2.05, 4.69) is 22.6 Å². The number of carbonyl (C=O) groups is 4. The number of anilines is 2. The van der Waals surface area contributed by atoms with E-state index in [0.29, 0.717) is 17.7 Å². The van der Waals surface area contributed by atoms with E-state index in [1.807, 2.05) is 24.3 Å². The van der Waals surface area contributed by atoms with Crippen molar-refractivity contribution in [3.8, 4) is 17.2 Å². The molecule has 4 aliphatic rings. The van der Waals surface area contributed by atoms with Crippen LogP contribution >= 0.6 is 34.2 Å². The molecule has 12 heteroatoms. The van der Waals surface area contributed by atoms with Crippen LogP contribution in [0.4, 0.5) is 15.8 Å². The van der Waals surface area contributed by atoms with Gasteiger partial charge >= 0.3 is 0 Å². The lowest BCUT2D eigenvalue weighted by molar-refractivity contribution is -0.132. The molecule has 7 rings (SSSR count). The number of amides is 4. The van der Waals surface area contributed by atoms with Gasteiger partial charge in [0.25, 0.3) is 0 Å². The number of hydrogen-bond acceptors (Lipinski definition) is 7. The van der Waals surface area contributed by atoms with Crippen molar-refractivity contribution in [3.63, 3.8) is 0 Å². The highest BCUT2D eigenvalue weighted by molar-refractivity contribution is 14.1. The van der Waals surface area contributed by atoms with E-state index in [9.17, 15) is 28.7 Å². The second-order valence-corrected chi connectivity index (χ2v) is 14.6. The maximum Gasteiger partial charge on any atom is 0.241 e. The minimum absolute atomic E-state index is 0.152. The fourth-order valence-corrected chi connectivity index (χ4v) is 8.69. The Hall–Kier alpha value is -4.23. The summed E-state index contributed by atoms with van der Waals surface area (Å²) in [5, 5.41) is 10.2. The monoisotopic (exact) mass is 796 g/mol. The molecule has 1 saturated carbocycles. The molecule has 1 N–H and O–H groups in total. The first kappa shape index (κ1) is 33.3. The summed E-state index contributed by atoms with van der Waals surface area (Å²) in [7, 11) is 2.84. The van der Waals surface area contributed by atoms with Gasteiger partial charge in [0, 0.05) is 9.49 Å². The number of carbonyl (C=O) groups excluding carboxylic acids is 4. The number of aromatic hydroxyl groups is 1. The highest BCUT2D eigenvalue weighted by Gasteiger charge is 2.67. The van der Waals surface area contributed by atoms with Gasteiger partial charge in [0.15, 0.2) is 11.5 Å². The number of nitrogens with zero attached hydrogens (tertiary/aromatic N) is 2. The number of phenols is 1. The van der Waals surface area contributed by atoms with E-state index < -0.39 is 52.6 Å². The molecule has 0 aromatic heterocycles. The third-order valence-corrected chi connectivity index (χ3v) is 11.6. The molecule has 3 aromatic rings. The van der Waals surface area contributed by atoms with Crippen LogP contribution in [-0.2, 0) is 19.2 Å². The van der Waals surface area contributed by atoms with Crippen molar-refractivity contribution < 1.29 is 38.1 Å². The minimum Gasteiger partial charge on any atom is -0.502 e. The summed E-state index contributed by atoms with van der Waals surface area (Å²) in [4.78, 5) is 59.2. The molecule has 3 aromatic carbocycles. The second kappa shape index (κ2) is 12.3. The molecular formula is C37H31ClFIN2O7. The molecule has 0 spiro atoms. The van der Waals surface area contributed by atoms with Gasteiger partial charge < -0.3 is 14.6 Å². The number of hydrogen-bond donors (Lipinski definition) is 1. The number of imide groups is 2. The van der Waals surface area contributed by atoms with Crippen molar-refractivity contribution >= 4 is 75.3 Å². The highest BCUT2D eigenvalue weighted by Crippen LogP contribution is 2.61. The van der Waals surface area contributed by atoms with Crippen LogP contribution in [0.15, 0.2) is 72.3 Å². The maximum absolute atomic E-state index is 14.5. The zero-order valence-corrected chi connectivity index (χ0v) is 29.6. The Kier molecular flexibility index (Phi) is 8.33. The van der Waals surface area contributed by atoms with Crippen LogP contribution in [0.5, 0.6) is 17.2 Å². The van der Waals surface area contributed by atoms with Crippen LogP contribution in [0, 0.1) is 44.4 Å². The molecule has 9 nitrogen and oxygen atoms in total. The average molecular weight is 797 g/mol. The minimum atomic E-state index is -1.30. The summed E-state index contributed by atoms with van der Waals surface area (Å²) in [5.41, 5.74) is 0.749. The number of benzene rings is 3. The van der Waals surface area contributed by atoms with E-state index in [0.717, 1.165) is 20.1 Å². The van der Waals surface area contributed by atoms with Crippen LogP contribution in [0.25, 0.3) is 6.08 Å². The summed E-state index contributed by atoms with van der Waals surface area (Å²) in [6, 6.07) is 14.1. The Morgan fingerprint density at radius 2 is 1.57 bits per heavy atom. The molecule has 252 valence electrons. The number of fused-ring (bicyclic) bond motifs is 4. The van der Waals surface area contributed by atoms with Gasteiger partial charge in [-0.2, -0.15) is 0 Å². The topological polar surface area (TPSA) is 113 Å². The predicted molar refractivity (Wildman–Crippen MR) is 189 cm³/mol. The van der Waals surface area contributed by atoms with Crippen LogP contribution in [0.2, 0.25) is 5.02 Å². The van der Waals surface area contributed by atoms with Gasteiger partial charge in [0.05, 0.1) is 53.8 Å². The lowest BCUT2D eigenvalue weighted by Gasteiger charge is -2.47. The van der Waals surface area contributed by atoms with E-state index in [-0.39, 0.29) is 46.2 Å². The number of rotatable bonds is 6. The molecule has 0 radical (unpaired) electrons. The summed E-state index contributed by atoms with van der Waals surface area (Å²) in [6.45, 7) is 1.75. The molecule has 4 amide bonds. The van der Waals surface area contributed by atoms with Crippen LogP contribution in [-0.4, -0.2) is 43.0 Å². The van der Waals surface area contributed by atoms with Crippen molar-refractivity contribution in [2.24, 2.45) is 35.0 Å². The largest absolute Gasteiger partial charge is 0.502 e. The summed E-state index contributed by atoms with van der Waals surface area (Å²) in [6.07, 6.45) is 6.03. The average Bonchev–Trinajstić information content (AvgIpc) is 3.46. The van der Waals surface area contributed by atoms with Crippen molar-refractivity contribution in [3.05, 3.63) is 92.3 Å². The normalized spacial score (nSPS) is 27.7. The van der Waals surface area contributed by atoms with Gasteiger partial charge in [-0.3, -0.25) is 24.1 Å².